The summed E-state index contributed by atoms with van der Waals surface area (Å²) in [6.07, 6.45) is 4.69. The molecule has 2 rings (SSSR count). The lowest BCUT2D eigenvalue weighted by atomic mass is 10.2. The predicted molar refractivity (Wildman–Crippen MR) is 81.5 cm³/mol. The number of aromatic nitrogens is 1. The molecule has 0 bridgehead atoms. The van der Waals surface area contributed by atoms with Gasteiger partial charge in [0, 0.05) is 25.1 Å². The molecule has 0 unspecified atom stereocenters. The van der Waals surface area contributed by atoms with Crippen molar-refractivity contribution < 1.29 is 9.90 Å². The summed E-state index contributed by atoms with van der Waals surface area (Å²) in [6.45, 7) is 0.447. The first kappa shape index (κ1) is 15.1. The maximum absolute atomic E-state index is 12.0. The molecule has 0 spiro atoms. The molecule has 2 aromatic rings. The monoisotopic (exact) mass is 294 g/mol. The SMILES string of the molecule is N#C/C(=C/NCc1cccnc1)C(=O)Nc1ccccc1O. The number of para-hydroxylation sites is 2. The normalized spacial score (nSPS) is 10.6. The van der Waals surface area contributed by atoms with Crippen molar-refractivity contribution in [3.05, 3.63) is 66.1 Å². The number of carbonyl (C=O) groups is 1. The van der Waals surface area contributed by atoms with E-state index in [4.69, 9.17) is 5.26 Å². The third-order valence-electron chi connectivity index (χ3n) is 2.79. The predicted octanol–water partition coefficient (Wildman–Crippen LogP) is 1.92. The van der Waals surface area contributed by atoms with Crippen LogP contribution >= 0.6 is 0 Å². The summed E-state index contributed by atoms with van der Waals surface area (Å²) in [7, 11) is 0. The Balaban J connectivity index is 1.99. The molecular formula is C16H14N4O2. The topological polar surface area (TPSA) is 98.0 Å². The molecule has 22 heavy (non-hydrogen) atoms. The largest absolute Gasteiger partial charge is 0.506 e. The minimum absolute atomic E-state index is 0.0588. The number of hydrogen-bond donors (Lipinski definition) is 3. The van der Waals surface area contributed by atoms with Gasteiger partial charge in [-0.05, 0) is 23.8 Å². The molecule has 0 aliphatic rings. The molecule has 0 radical (unpaired) electrons. The Morgan fingerprint density at radius 3 is 2.82 bits per heavy atom. The third-order valence-corrected chi connectivity index (χ3v) is 2.79. The summed E-state index contributed by atoms with van der Waals surface area (Å²) in [6, 6.07) is 11.8. The van der Waals surface area contributed by atoms with Crippen molar-refractivity contribution in [1.82, 2.24) is 10.3 Å². The van der Waals surface area contributed by atoms with Crippen molar-refractivity contribution in [3.63, 3.8) is 0 Å². The van der Waals surface area contributed by atoms with Gasteiger partial charge in [-0.1, -0.05) is 18.2 Å². The zero-order valence-corrected chi connectivity index (χ0v) is 11.7. The van der Waals surface area contributed by atoms with Gasteiger partial charge in [-0.3, -0.25) is 9.78 Å². The van der Waals surface area contributed by atoms with Crippen LogP contribution in [0.1, 0.15) is 5.56 Å². The second kappa shape index (κ2) is 7.45. The van der Waals surface area contributed by atoms with Crippen LogP contribution in [0.3, 0.4) is 0 Å². The summed E-state index contributed by atoms with van der Waals surface area (Å²) in [5, 5.41) is 24.0. The minimum Gasteiger partial charge on any atom is -0.506 e. The highest BCUT2D eigenvalue weighted by Crippen LogP contribution is 2.21. The first-order chi connectivity index (χ1) is 10.7. The number of benzene rings is 1. The first-order valence-corrected chi connectivity index (χ1v) is 6.52. The van der Waals surface area contributed by atoms with Gasteiger partial charge in [0.15, 0.2) is 0 Å². The Bertz CT molecular complexity index is 720. The van der Waals surface area contributed by atoms with Crippen molar-refractivity contribution in [2.45, 2.75) is 6.54 Å². The number of carbonyl (C=O) groups excluding carboxylic acids is 1. The van der Waals surface area contributed by atoms with Crippen LogP contribution in [-0.2, 0) is 11.3 Å². The number of anilines is 1. The van der Waals surface area contributed by atoms with Crippen LogP contribution < -0.4 is 10.6 Å². The zero-order chi connectivity index (χ0) is 15.8. The van der Waals surface area contributed by atoms with E-state index in [1.165, 1.54) is 12.3 Å². The lowest BCUT2D eigenvalue weighted by Gasteiger charge is -2.06. The smallest absolute Gasteiger partial charge is 0.267 e. The van der Waals surface area contributed by atoms with Crippen LogP contribution in [0.5, 0.6) is 5.75 Å². The van der Waals surface area contributed by atoms with Gasteiger partial charge in [0.2, 0.25) is 0 Å². The van der Waals surface area contributed by atoms with Crippen LogP contribution in [0, 0.1) is 11.3 Å². The van der Waals surface area contributed by atoms with E-state index in [-0.39, 0.29) is 17.0 Å². The molecule has 0 fully saturated rings. The fourth-order valence-electron chi connectivity index (χ4n) is 1.69. The average molecular weight is 294 g/mol. The van der Waals surface area contributed by atoms with Gasteiger partial charge in [0.05, 0.1) is 5.69 Å². The van der Waals surface area contributed by atoms with Crippen LogP contribution in [-0.4, -0.2) is 16.0 Å². The number of pyridine rings is 1. The first-order valence-electron chi connectivity index (χ1n) is 6.52. The number of nitrogens with zero attached hydrogens (tertiary/aromatic N) is 2. The number of nitriles is 1. The number of phenolic OH excluding ortho intramolecular Hbond substituents is 1. The molecule has 1 heterocycles. The van der Waals surface area contributed by atoms with Gasteiger partial charge in [0.25, 0.3) is 5.91 Å². The minimum atomic E-state index is -0.595. The summed E-state index contributed by atoms with van der Waals surface area (Å²) in [4.78, 5) is 15.9. The molecule has 6 heteroatoms. The fraction of sp³-hybridized carbons (Fsp3) is 0.0625. The molecule has 0 saturated heterocycles. The highest BCUT2D eigenvalue weighted by molar-refractivity contribution is 6.07. The lowest BCUT2D eigenvalue weighted by Crippen LogP contribution is -2.16. The highest BCUT2D eigenvalue weighted by Gasteiger charge is 2.10. The number of hydrogen-bond acceptors (Lipinski definition) is 5. The van der Waals surface area contributed by atoms with E-state index in [0.29, 0.717) is 6.54 Å². The number of amides is 1. The quantitative estimate of drug-likeness (QED) is 0.444. The highest BCUT2D eigenvalue weighted by atomic mass is 16.3. The van der Waals surface area contributed by atoms with Crippen molar-refractivity contribution in [2.24, 2.45) is 0 Å². The Kier molecular flexibility index (Phi) is 5.10. The van der Waals surface area contributed by atoms with E-state index in [1.807, 2.05) is 12.1 Å². The number of phenols is 1. The molecule has 0 aliphatic carbocycles. The zero-order valence-electron chi connectivity index (χ0n) is 11.7. The fourth-order valence-corrected chi connectivity index (χ4v) is 1.69. The van der Waals surface area contributed by atoms with Gasteiger partial charge in [-0.2, -0.15) is 5.26 Å². The maximum atomic E-state index is 12.0. The van der Waals surface area contributed by atoms with Gasteiger partial charge in [-0.15, -0.1) is 0 Å². The molecule has 6 nitrogen and oxygen atoms in total. The number of aromatic hydroxyl groups is 1. The summed E-state index contributed by atoms with van der Waals surface area (Å²) in [5.74, 6) is -0.654. The molecule has 0 saturated carbocycles. The molecule has 0 aliphatic heterocycles. The maximum Gasteiger partial charge on any atom is 0.267 e. The van der Waals surface area contributed by atoms with Crippen molar-refractivity contribution in [2.75, 3.05) is 5.32 Å². The van der Waals surface area contributed by atoms with Gasteiger partial charge in [0.1, 0.15) is 17.4 Å². The van der Waals surface area contributed by atoms with E-state index in [1.54, 1.807) is 36.7 Å². The van der Waals surface area contributed by atoms with E-state index in [0.717, 1.165) is 5.56 Å². The van der Waals surface area contributed by atoms with Crippen LogP contribution in [0.2, 0.25) is 0 Å². The van der Waals surface area contributed by atoms with Gasteiger partial charge in [-0.25, -0.2) is 0 Å². The Morgan fingerprint density at radius 1 is 1.32 bits per heavy atom. The van der Waals surface area contributed by atoms with Crippen molar-refractivity contribution >= 4 is 11.6 Å². The molecule has 1 amide bonds. The van der Waals surface area contributed by atoms with E-state index < -0.39 is 5.91 Å². The van der Waals surface area contributed by atoms with Crippen LogP contribution in [0.15, 0.2) is 60.6 Å². The van der Waals surface area contributed by atoms with E-state index in [2.05, 4.69) is 15.6 Å². The molecule has 3 N–H and O–H groups in total. The summed E-state index contributed by atoms with van der Waals surface area (Å²) < 4.78 is 0. The standard InChI is InChI=1S/C16H14N4O2/c17-8-13(11-19-10-12-4-3-7-18-9-12)16(22)20-14-5-1-2-6-15(14)21/h1-7,9,11,19,21H,10H2,(H,20,22)/b13-11-. The third kappa shape index (κ3) is 4.08. The van der Waals surface area contributed by atoms with E-state index >= 15 is 0 Å². The van der Waals surface area contributed by atoms with Gasteiger partial charge < -0.3 is 15.7 Å². The second-order valence-corrected chi connectivity index (χ2v) is 4.38. The summed E-state index contributed by atoms with van der Waals surface area (Å²) >= 11 is 0. The van der Waals surface area contributed by atoms with Crippen molar-refractivity contribution in [3.8, 4) is 11.8 Å². The Labute approximate surface area is 127 Å². The van der Waals surface area contributed by atoms with Crippen LogP contribution in [0.25, 0.3) is 0 Å². The lowest BCUT2D eigenvalue weighted by molar-refractivity contribution is -0.112. The molecule has 1 aromatic carbocycles. The summed E-state index contributed by atoms with van der Waals surface area (Å²) in [5.41, 5.74) is 1.09. The molecule has 1 aromatic heterocycles. The number of rotatable bonds is 5. The molecular weight excluding hydrogens is 280 g/mol. The molecule has 0 atom stereocenters. The van der Waals surface area contributed by atoms with Crippen LogP contribution in [0.4, 0.5) is 5.69 Å². The second-order valence-electron chi connectivity index (χ2n) is 4.38. The van der Waals surface area contributed by atoms with E-state index in [9.17, 15) is 9.90 Å². The van der Waals surface area contributed by atoms with Crippen molar-refractivity contribution in [1.29, 1.82) is 5.26 Å². The Morgan fingerprint density at radius 2 is 2.14 bits per heavy atom. The average Bonchev–Trinajstić information content (AvgIpc) is 2.54. The Hall–Kier alpha value is -3.33. The van der Waals surface area contributed by atoms with Gasteiger partial charge >= 0.3 is 0 Å². The number of nitrogens with one attached hydrogen (secondary N) is 2. The molecule has 110 valence electrons.